The number of nitrogens with zero attached hydrogens (tertiary/aromatic N) is 3. The van der Waals surface area contributed by atoms with E-state index in [9.17, 15) is 32.7 Å². The van der Waals surface area contributed by atoms with Crippen LogP contribution in [0.2, 0.25) is 5.02 Å². The lowest BCUT2D eigenvalue weighted by Crippen LogP contribution is -2.51. The number of carbonyl (C=O) groups excluding carboxylic acids is 3. The van der Waals surface area contributed by atoms with Crippen molar-refractivity contribution in [2.24, 2.45) is 11.8 Å². The van der Waals surface area contributed by atoms with Crippen LogP contribution in [0.15, 0.2) is 36.4 Å². The molecule has 2 aromatic rings. The van der Waals surface area contributed by atoms with Crippen LogP contribution in [0.4, 0.5) is 28.4 Å². The number of piperidine rings is 2. The SMILES string of the molecule is O=C(O[C@H](Cc1cc(Cl)c(O)c(C(F)(F)F)c1)C(=O)N1CCC(C2CCOCC2)CC1)N1CCC(N2CCc3ccccc3NC2=O)CC1. The van der Waals surface area contributed by atoms with Crippen LogP contribution in [0.5, 0.6) is 5.75 Å². The van der Waals surface area contributed by atoms with Crippen molar-refractivity contribution >= 4 is 35.3 Å². The summed E-state index contributed by atoms with van der Waals surface area (Å²) in [7, 11) is 0. The number of halogens is 4. The zero-order chi connectivity index (χ0) is 34.7. The summed E-state index contributed by atoms with van der Waals surface area (Å²) < 4.78 is 52.4. The molecular weight excluding hydrogens is 665 g/mol. The number of benzene rings is 2. The number of amides is 4. The van der Waals surface area contributed by atoms with Gasteiger partial charge in [0, 0.05) is 64.1 Å². The maximum absolute atomic E-state index is 13.9. The average molecular weight is 707 g/mol. The highest BCUT2D eigenvalue weighted by Gasteiger charge is 2.39. The number of rotatable bonds is 6. The van der Waals surface area contributed by atoms with E-state index in [4.69, 9.17) is 21.1 Å². The van der Waals surface area contributed by atoms with Gasteiger partial charge < -0.3 is 34.6 Å². The Balaban J connectivity index is 1.12. The van der Waals surface area contributed by atoms with Crippen molar-refractivity contribution in [3.05, 3.63) is 58.1 Å². The maximum atomic E-state index is 13.9. The Morgan fingerprint density at radius 1 is 0.959 bits per heavy atom. The highest BCUT2D eigenvalue weighted by molar-refractivity contribution is 6.32. The Kier molecular flexibility index (Phi) is 10.8. The van der Waals surface area contributed by atoms with E-state index in [1.165, 1.54) is 4.90 Å². The highest BCUT2D eigenvalue weighted by Crippen LogP contribution is 2.41. The summed E-state index contributed by atoms with van der Waals surface area (Å²) in [6.45, 7) is 3.45. The van der Waals surface area contributed by atoms with Crippen LogP contribution in [0.1, 0.15) is 55.2 Å². The van der Waals surface area contributed by atoms with E-state index in [2.05, 4.69) is 5.32 Å². The van der Waals surface area contributed by atoms with Gasteiger partial charge in [0.15, 0.2) is 6.10 Å². The summed E-state index contributed by atoms with van der Waals surface area (Å²) in [6.07, 6.45) is -2.16. The van der Waals surface area contributed by atoms with Crippen LogP contribution in [0.25, 0.3) is 0 Å². The smallest absolute Gasteiger partial charge is 0.420 e. The first kappa shape index (κ1) is 35.1. The van der Waals surface area contributed by atoms with Gasteiger partial charge in [-0.1, -0.05) is 29.8 Å². The second-order valence-corrected chi connectivity index (χ2v) is 13.8. The molecule has 1 atom stereocenters. The predicted octanol–water partition coefficient (Wildman–Crippen LogP) is 6.33. The van der Waals surface area contributed by atoms with Crippen molar-refractivity contribution in [3.63, 3.8) is 0 Å². The molecule has 0 radical (unpaired) electrons. The third kappa shape index (κ3) is 8.20. The fourth-order valence-corrected chi connectivity index (χ4v) is 7.90. The lowest BCUT2D eigenvalue weighted by atomic mass is 9.80. The number of fused-ring (bicyclic) bond motifs is 1. The first-order valence-electron chi connectivity index (χ1n) is 17.0. The molecule has 0 aliphatic carbocycles. The third-order valence-corrected chi connectivity index (χ3v) is 10.7. The van der Waals surface area contributed by atoms with Crippen LogP contribution in [0.3, 0.4) is 0 Å². The van der Waals surface area contributed by atoms with Crippen LogP contribution < -0.4 is 5.32 Å². The number of ether oxygens (including phenoxy) is 2. The topological polar surface area (TPSA) is 112 Å². The highest BCUT2D eigenvalue weighted by atomic mass is 35.5. The minimum atomic E-state index is -4.89. The molecule has 2 N–H and O–H groups in total. The summed E-state index contributed by atoms with van der Waals surface area (Å²) in [6, 6.07) is 9.27. The Bertz CT molecular complexity index is 1520. The van der Waals surface area contributed by atoms with Gasteiger partial charge in [-0.05, 0) is 86.1 Å². The lowest BCUT2D eigenvalue weighted by molar-refractivity contribution is -0.142. The Labute approximate surface area is 288 Å². The molecule has 0 spiro atoms. The molecule has 4 amide bonds. The van der Waals surface area contributed by atoms with E-state index in [0.717, 1.165) is 62.3 Å². The number of phenolic OH excluding ortho intramolecular Hbond substituents is 1. The third-order valence-electron chi connectivity index (χ3n) is 10.5. The van der Waals surface area contributed by atoms with Crippen molar-refractivity contribution in [1.29, 1.82) is 0 Å². The summed E-state index contributed by atoms with van der Waals surface area (Å²) in [4.78, 5) is 45.4. The van der Waals surface area contributed by atoms with Gasteiger partial charge in [0.05, 0.1) is 10.6 Å². The van der Waals surface area contributed by atoms with E-state index in [-0.39, 0.29) is 37.1 Å². The molecule has 0 unspecified atom stereocenters. The van der Waals surface area contributed by atoms with Crippen LogP contribution in [-0.4, -0.2) is 95.9 Å². The van der Waals surface area contributed by atoms with Gasteiger partial charge in [-0.2, -0.15) is 13.2 Å². The number of likely N-dealkylation sites (tertiary alicyclic amines) is 2. The molecule has 2 aromatic carbocycles. The molecule has 4 aliphatic heterocycles. The molecular formula is C35H42ClF3N4O6. The van der Waals surface area contributed by atoms with Gasteiger partial charge in [0.1, 0.15) is 5.75 Å². The number of anilines is 1. The normalized spacial score (nSPS) is 20.7. The van der Waals surface area contributed by atoms with E-state index in [0.29, 0.717) is 50.7 Å². The Hall–Kier alpha value is -3.71. The number of para-hydroxylation sites is 1. The summed E-state index contributed by atoms with van der Waals surface area (Å²) >= 11 is 5.98. The molecule has 4 aliphatic rings. The molecule has 3 saturated heterocycles. The Morgan fingerprint density at radius 2 is 1.61 bits per heavy atom. The second-order valence-electron chi connectivity index (χ2n) is 13.4. The fraction of sp³-hybridized carbons (Fsp3) is 0.571. The molecule has 14 heteroatoms. The molecule has 0 bridgehead atoms. The van der Waals surface area contributed by atoms with E-state index < -0.39 is 40.6 Å². The van der Waals surface area contributed by atoms with Gasteiger partial charge in [-0.25, -0.2) is 9.59 Å². The number of alkyl halides is 3. The van der Waals surface area contributed by atoms with Gasteiger partial charge >= 0.3 is 18.3 Å². The minimum absolute atomic E-state index is 0.00486. The molecule has 0 aromatic heterocycles. The first-order chi connectivity index (χ1) is 23.5. The molecule has 6 rings (SSSR count). The monoisotopic (exact) mass is 706 g/mol. The number of urea groups is 1. The van der Waals surface area contributed by atoms with Crippen molar-refractivity contribution in [2.75, 3.05) is 51.3 Å². The van der Waals surface area contributed by atoms with Gasteiger partial charge in [-0.15, -0.1) is 0 Å². The van der Waals surface area contributed by atoms with E-state index >= 15 is 0 Å². The predicted molar refractivity (Wildman–Crippen MR) is 175 cm³/mol. The molecule has 10 nitrogen and oxygen atoms in total. The minimum Gasteiger partial charge on any atom is -0.506 e. The number of hydrogen-bond acceptors (Lipinski definition) is 6. The number of nitrogens with one attached hydrogen (secondary N) is 1. The largest absolute Gasteiger partial charge is 0.506 e. The van der Waals surface area contributed by atoms with Gasteiger partial charge in [-0.3, -0.25) is 4.79 Å². The maximum Gasteiger partial charge on any atom is 0.420 e. The van der Waals surface area contributed by atoms with Crippen LogP contribution in [-0.2, 0) is 33.3 Å². The van der Waals surface area contributed by atoms with Gasteiger partial charge in [0.25, 0.3) is 5.91 Å². The van der Waals surface area contributed by atoms with E-state index in [1.807, 2.05) is 24.3 Å². The number of aromatic hydroxyl groups is 1. The fourth-order valence-electron chi connectivity index (χ4n) is 7.66. The van der Waals surface area contributed by atoms with Crippen LogP contribution >= 0.6 is 11.6 Å². The summed E-state index contributed by atoms with van der Waals surface area (Å²) in [5.41, 5.74) is 0.523. The number of hydrogen-bond donors (Lipinski definition) is 2. The van der Waals surface area contributed by atoms with Crippen LogP contribution in [0, 0.1) is 11.8 Å². The first-order valence-corrected chi connectivity index (χ1v) is 17.4. The molecule has 4 heterocycles. The Morgan fingerprint density at radius 3 is 2.31 bits per heavy atom. The van der Waals surface area contributed by atoms with Crippen molar-refractivity contribution in [2.45, 2.75) is 69.7 Å². The number of carbonyl (C=O) groups is 3. The zero-order valence-electron chi connectivity index (χ0n) is 27.2. The van der Waals surface area contributed by atoms with Crippen molar-refractivity contribution in [1.82, 2.24) is 14.7 Å². The standard InChI is InChI=1S/C35H42ClF3N4O6/c36-28-20-22(19-27(31(28)44)35(37,38)39)21-30(32(45)41-12-5-23(6-13-41)24-10-17-48-18-11-24)49-34(47)42-14-8-26(9-15-42)43-16-7-25-3-1-2-4-29(25)40-33(43)46/h1-4,19-20,23-24,26,30,44H,5-18,21H2,(H,40,46)/t30-/m1/s1. The van der Waals surface area contributed by atoms with E-state index in [1.54, 1.807) is 9.80 Å². The molecule has 49 heavy (non-hydrogen) atoms. The average Bonchev–Trinajstić information content (AvgIpc) is 3.27. The van der Waals surface area contributed by atoms with Crippen molar-refractivity contribution < 1.29 is 42.1 Å². The van der Waals surface area contributed by atoms with Crippen molar-refractivity contribution in [3.8, 4) is 5.75 Å². The molecule has 266 valence electrons. The molecule has 0 saturated carbocycles. The second kappa shape index (κ2) is 15.0. The number of phenols is 1. The quantitative estimate of drug-likeness (QED) is 0.363. The lowest BCUT2D eigenvalue weighted by Gasteiger charge is -2.39. The molecule has 3 fully saturated rings. The summed E-state index contributed by atoms with van der Waals surface area (Å²) in [5, 5.41) is 12.5. The zero-order valence-corrected chi connectivity index (χ0v) is 28.0. The summed E-state index contributed by atoms with van der Waals surface area (Å²) in [5.74, 6) is -0.607. The van der Waals surface area contributed by atoms with Gasteiger partial charge in [0.2, 0.25) is 0 Å².